The summed E-state index contributed by atoms with van der Waals surface area (Å²) in [5, 5.41) is 17.9. The number of hydrogen-bond donors (Lipinski definition) is 4. The molecule has 1 fully saturated rings. The Kier molecular flexibility index (Phi) is 11.6. The van der Waals surface area contributed by atoms with E-state index < -0.39 is 54.1 Å². The summed E-state index contributed by atoms with van der Waals surface area (Å²) in [4.78, 5) is 68.9. The van der Waals surface area contributed by atoms with E-state index in [0.29, 0.717) is 5.56 Å². The van der Waals surface area contributed by atoms with Crippen LogP contribution < -0.4 is 10.6 Å². The van der Waals surface area contributed by atoms with Crippen LogP contribution in [0.25, 0.3) is 0 Å². The molecule has 1 heterocycles. The fourth-order valence-electron chi connectivity index (χ4n) is 5.09. The highest BCUT2D eigenvalue weighted by atomic mass is 16.5. The van der Waals surface area contributed by atoms with Crippen LogP contribution in [0.5, 0.6) is 0 Å². The van der Waals surface area contributed by atoms with Crippen molar-refractivity contribution in [1.29, 1.82) is 5.53 Å². The van der Waals surface area contributed by atoms with Crippen molar-refractivity contribution in [2.75, 3.05) is 13.2 Å². The van der Waals surface area contributed by atoms with Crippen LogP contribution in [0.3, 0.4) is 0 Å². The number of carboxylic acid groups (broad SMARTS) is 1. The number of benzene rings is 2. The van der Waals surface area contributed by atoms with E-state index in [4.69, 9.17) is 10.3 Å². The minimum absolute atomic E-state index is 0.0493. The van der Waals surface area contributed by atoms with Crippen molar-refractivity contribution in [2.24, 2.45) is 16.4 Å². The van der Waals surface area contributed by atoms with Gasteiger partial charge in [-0.15, -0.1) is 0 Å². The van der Waals surface area contributed by atoms with Crippen LogP contribution in [-0.4, -0.2) is 70.0 Å². The molecule has 4 N–H and O–H groups in total. The first-order valence-electron chi connectivity index (χ1n) is 15.1. The monoisotopic (exact) mass is 636 g/mol. The van der Waals surface area contributed by atoms with Crippen molar-refractivity contribution >= 4 is 29.9 Å². The van der Waals surface area contributed by atoms with E-state index in [9.17, 15) is 29.1 Å². The number of carbonyl (C=O) groups excluding carboxylic acids is 4. The minimum Gasteiger partial charge on any atom is -0.480 e. The van der Waals surface area contributed by atoms with Crippen LogP contribution in [0.2, 0.25) is 0 Å². The zero-order valence-electron chi connectivity index (χ0n) is 27.2. The summed E-state index contributed by atoms with van der Waals surface area (Å²) < 4.78 is 5.11. The zero-order valence-corrected chi connectivity index (χ0v) is 27.2. The van der Waals surface area contributed by atoms with Gasteiger partial charge in [0, 0.05) is 13.1 Å². The first-order valence-corrected chi connectivity index (χ1v) is 15.1. The average molecular weight is 637 g/mol. The van der Waals surface area contributed by atoms with Crippen molar-refractivity contribution in [3.05, 3.63) is 71.3 Å². The van der Waals surface area contributed by atoms with Crippen molar-refractivity contribution in [1.82, 2.24) is 20.4 Å². The fourth-order valence-corrected chi connectivity index (χ4v) is 5.09. The van der Waals surface area contributed by atoms with Gasteiger partial charge in [0.1, 0.15) is 17.6 Å². The van der Waals surface area contributed by atoms with Crippen LogP contribution in [0.4, 0.5) is 9.59 Å². The van der Waals surface area contributed by atoms with Gasteiger partial charge in [0.25, 0.3) is 5.91 Å². The van der Waals surface area contributed by atoms with E-state index in [1.54, 1.807) is 31.2 Å². The normalized spacial score (nSPS) is 17.9. The van der Waals surface area contributed by atoms with Crippen LogP contribution in [0.15, 0.2) is 59.7 Å². The highest BCUT2D eigenvalue weighted by Crippen LogP contribution is 2.40. The summed E-state index contributed by atoms with van der Waals surface area (Å²) in [6.07, 6.45) is -0.837. The molecule has 2 aromatic rings. The van der Waals surface area contributed by atoms with Gasteiger partial charge in [0.15, 0.2) is 0 Å². The predicted octanol–water partition coefficient (Wildman–Crippen LogP) is 4.65. The molecule has 0 aliphatic carbocycles. The molecular weight excluding hydrogens is 592 g/mol. The SMILES string of the molecule is CC(C)C[C@H](C(=O)NC[C@H](NC(=O)OCC(C)(C)C)C(=O)O)N1C(=O)N(Cc2ccccc2)[C@@](C)(c2ccc(CN=N)cc2)C1=O. The molecule has 0 aromatic heterocycles. The lowest BCUT2D eigenvalue weighted by atomic mass is 9.88. The van der Waals surface area contributed by atoms with Gasteiger partial charge < -0.3 is 25.4 Å². The van der Waals surface area contributed by atoms with Gasteiger partial charge >= 0.3 is 18.1 Å². The molecule has 46 heavy (non-hydrogen) atoms. The smallest absolute Gasteiger partial charge is 0.407 e. The summed E-state index contributed by atoms with van der Waals surface area (Å²) in [5.41, 5.74) is 7.38. The van der Waals surface area contributed by atoms with Crippen LogP contribution in [0, 0.1) is 16.9 Å². The van der Waals surface area contributed by atoms with E-state index >= 15 is 0 Å². The Balaban J connectivity index is 1.93. The number of rotatable bonds is 14. The number of aliphatic carboxylic acids is 1. The Morgan fingerprint density at radius 1 is 1.02 bits per heavy atom. The van der Waals surface area contributed by atoms with Gasteiger partial charge in [-0.05, 0) is 41.4 Å². The first-order chi connectivity index (χ1) is 21.6. The third-order valence-electron chi connectivity index (χ3n) is 7.59. The molecule has 1 aliphatic rings. The van der Waals surface area contributed by atoms with E-state index in [1.807, 2.05) is 65.0 Å². The highest BCUT2D eigenvalue weighted by molar-refractivity contribution is 6.10. The maximum atomic E-state index is 14.4. The predicted molar refractivity (Wildman–Crippen MR) is 168 cm³/mol. The second kappa shape index (κ2) is 15.0. The van der Waals surface area contributed by atoms with Crippen molar-refractivity contribution in [3.8, 4) is 0 Å². The zero-order chi connectivity index (χ0) is 34.2. The topological polar surface area (TPSA) is 182 Å². The Morgan fingerprint density at radius 3 is 2.20 bits per heavy atom. The molecule has 1 aliphatic heterocycles. The molecule has 0 bridgehead atoms. The fraction of sp³-hybridized carbons (Fsp3) is 0.485. The van der Waals surface area contributed by atoms with Gasteiger partial charge in [0.05, 0.1) is 13.2 Å². The maximum Gasteiger partial charge on any atom is 0.407 e. The number of urea groups is 1. The lowest BCUT2D eigenvalue weighted by Crippen LogP contribution is -2.55. The van der Waals surface area contributed by atoms with Crippen LogP contribution in [0.1, 0.15) is 64.7 Å². The van der Waals surface area contributed by atoms with Gasteiger partial charge in [0.2, 0.25) is 5.91 Å². The number of amides is 5. The number of imide groups is 1. The summed E-state index contributed by atoms with van der Waals surface area (Å²) in [6.45, 7) is 10.7. The number of ether oxygens (including phenoxy) is 1. The molecule has 2 aromatic carbocycles. The molecule has 5 amide bonds. The summed E-state index contributed by atoms with van der Waals surface area (Å²) in [5.74, 6) is -2.86. The summed E-state index contributed by atoms with van der Waals surface area (Å²) in [7, 11) is 0. The highest BCUT2D eigenvalue weighted by Gasteiger charge is 2.58. The Morgan fingerprint density at radius 2 is 1.65 bits per heavy atom. The number of carboxylic acids is 1. The third-order valence-corrected chi connectivity index (χ3v) is 7.59. The third kappa shape index (κ3) is 8.67. The van der Waals surface area contributed by atoms with Crippen molar-refractivity contribution in [2.45, 2.75) is 78.7 Å². The standard InChI is InChI=1S/C33H44N6O7/c1-21(2)16-26(27(40)35-18-25(28(41)42)37-30(44)46-20-32(3,4)5)39-29(43)33(6,24-14-12-22(13-15-24)17-36-34)38(31(39)45)19-23-10-8-7-9-11-23/h7-15,21,25-26,34H,16-20H2,1-6H3,(H,35,40)(H,37,44)(H,41,42)/t25-,26+,33-/m0/s1. The van der Waals surface area contributed by atoms with E-state index in [1.165, 1.54) is 4.90 Å². The second-order valence-corrected chi connectivity index (χ2v) is 13.2. The van der Waals surface area contributed by atoms with Crippen LogP contribution in [-0.2, 0) is 37.7 Å². The molecule has 1 saturated heterocycles. The average Bonchev–Trinajstić information content (AvgIpc) is 3.18. The number of nitrogens with one attached hydrogen (secondary N) is 3. The molecule has 0 unspecified atom stereocenters. The Hall–Kier alpha value is -4.81. The number of alkyl carbamates (subject to hydrolysis) is 1. The van der Waals surface area contributed by atoms with E-state index in [0.717, 1.165) is 16.0 Å². The first kappa shape index (κ1) is 35.7. The molecule has 3 rings (SSSR count). The van der Waals surface area contributed by atoms with Gasteiger partial charge in [-0.2, -0.15) is 5.11 Å². The number of hydrogen-bond acceptors (Lipinski definition) is 8. The Labute approximate surface area is 269 Å². The van der Waals surface area contributed by atoms with Gasteiger partial charge in [-0.1, -0.05) is 89.2 Å². The van der Waals surface area contributed by atoms with E-state index in [2.05, 4.69) is 15.7 Å². The maximum absolute atomic E-state index is 14.4. The molecule has 0 saturated carbocycles. The number of nitrogens with zero attached hydrogens (tertiary/aromatic N) is 3. The van der Waals surface area contributed by atoms with Crippen molar-refractivity contribution < 1.29 is 33.8 Å². The number of carbonyl (C=O) groups is 5. The van der Waals surface area contributed by atoms with E-state index in [-0.39, 0.29) is 37.5 Å². The molecule has 13 heteroatoms. The van der Waals surface area contributed by atoms with Gasteiger partial charge in [-0.25, -0.2) is 24.8 Å². The lowest BCUT2D eigenvalue weighted by Gasteiger charge is -2.32. The molecular formula is C33H44N6O7. The van der Waals surface area contributed by atoms with Gasteiger partial charge in [-0.3, -0.25) is 9.59 Å². The molecule has 13 nitrogen and oxygen atoms in total. The summed E-state index contributed by atoms with van der Waals surface area (Å²) in [6, 6.07) is 12.6. The Bertz CT molecular complexity index is 1420. The largest absolute Gasteiger partial charge is 0.480 e. The second-order valence-electron chi connectivity index (χ2n) is 13.2. The molecule has 0 spiro atoms. The van der Waals surface area contributed by atoms with Crippen LogP contribution >= 0.6 is 0 Å². The molecule has 248 valence electrons. The lowest BCUT2D eigenvalue weighted by molar-refractivity contribution is -0.141. The molecule has 3 atom stereocenters. The quantitative estimate of drug-likeness (QED) is 0.172. The summed E-state index contributed by atoms with van der Waals surface area (Å²) >= 11 is 0. The van der Waals surface area contributed by atoms with Crippen molar-refractivity contribution in [3.63, 3.8) is 0 Å². The molecule has 0 radical (unpaired) electrons. The minimum atomic E-state index is -1.52.